The van der Waals surface area contributed by atoms with Crippen LogP contribution < -0.4 is 0 Å². The van der Waals surface area contributed by atoms with E-state index in [0.717, 1.165) is 103 Å². The molecule has 0 bridgehead atoms. The second-order valence-corrected chi connectivity index (χ2v) is 16.0. The smallest absolute Gasteiger partial charge is 0.306 e. The van der Waals surface area contributed by atoms with Crippen molar-refractivity contribution >= 4 is 17.9 Å². The molecular weight excluding hydrogens is 733 g/mol. The predicted molar refractivity (Wildman–Crippen MR) is 251 cm³/mol. The van der Waals surface area contributed by atoms with E-state index in [1.807, 2.05) is 0 Å². The zero-order valence-corrected chi connectivity index (χ0v) is 38.5. The zero-order chi connectivity index (χ0) is 43.0. The summed E-state index contributed by atoms with van der Waals surface area (Å²) in [6, 6.07) is 0. The molecule has 59 heavy (non-hydrogen) atoms. The van der Waals surface area contributed by atoms with E-state index in [9.17, 15) is 14.4 Å². The third kappa shape index (κ3) is 45.8. The van der Waals surface area contributed by atoms with Crippen molar-refractivity contribution in [1.29, 1.82) is 0 Å². The fourth-order valence-electron chi connectivity index (χ4n) is 6.51. The summed E-state index contributed by atoms with van der Waals surface area (Å²) in [4.78, 5) is 37.8. The molecule has 0 fully saturated rings. The molecule has 0 aliphatic heterocycles. The van der Waals surface area contributed by atoms with Gasteiger partial charge in [-0.2, -0.15) is 0 Å². The lowest BCUT2D eigenvalue weighted by atomic mass is 10.1. The molecule has 338 valence electrons. The molecule has 0 aliphatic carbocycles. The Morgan fingerprint density at radius 1 is 0.373 bits per heavy atom. The van der Waals surface area contributed by atoms with E-state index in [2.05, 4.69) is 93.7 Å². The molecule has 0 radical (unpaired) electrons. The number of unbranched alkanes of at least 4 members (excludes halogenated alkanes) is 22. The maximum atomic E-state index is 12.7. The minimum absolute atomic E-state index is 0.0912. The normalized spacial score (nSPS) is 12.7. The van der Waals surface area contributed by atoms with Crippen molar-refractivity contribution in [3.8, 4) is 0 Å². The van der Waals surface area contributed by atoms with E-state index in [1.165, 1.54) is 83.5 Å². The Morgan fingerprint density at radius 3 is 1.22 bits per heavy atom. The van der Waals surface area contributed by atoms with Crippen LogP contribution in [-0.2, 0) is 28.6 Å². The Hall–Kier alpha value is -3.15. The maximum absolute atomic E-state index is 12.7. The highest BCUT2D eigenvalue weighted by molar-refractivity contribution is 5.71. The van der Waals surface area contributed by atoms with Crippen molar-refractivity contribution in [2.75, 3.05) is 13.2 Å². The summed E-state index contributed by atoms with van der Waals surface area (Å²) >= 11 is 0. The average Bonchev–Trinajstić information content (AvgIpc) is 3.23. The van der Waals surface area contributed by atoms with Gasteiger partial charge in [-0.05, 0) is 89.9 Å². The molecule has 0 saturated heterocycles. The molecule has 6 heteroatoms. The number of hydrogen-bond acceptors (Lipinski definition) is 6. The van der Waals surface area contributed by atoms with Crippen LogP contribution in [0.5, 0.6) is 0 Å². The summed E-state index contributed by atoms with van der Waals surface area (Å²) in [5.74, 6) is -0.932. The number of allylic oxidation sites excluding steroid dienone is 12. The quantitative estimate of drug-likeness (QED) is 0.0200. The number of esters is 3. The second kappa shape index (κ2) is 47.5. The van der Waals surface area contributed by atoms with Crippen LogP contribution in [0, 0.1) is 0 Å². The molecule has 6 nitrogen and oxygen atoms in total. The van der Waals surface area contributed by atoms with Gasteiger partial charge in [-0.3, -0.25) is 14.4 Å². The highest BCUT2D eigenvalue weighted by Gasteiger charge is 2.19. The number of carbonyl (C=O) groups excluding carboxylic acids is 3. The van der Waals surface area contributed by atoms with Crippen molar-refractivity contribution in [3.05, 3.63) is 72.9 Å². The summed E-state index contributed by atoms with van der Waals surface area (Å²) in [7, 11) is 0. The van der Waals surface area contributed by atoms with E-state index in [4.69, 9.17) is 14.2 Å². The molecule has 0 aromatic carbocycles. The van der Waals surface area contributed by atoms with Gasteiger partial charge in [0.05, 0.1) is 0 Å². The largest absolute Gasteiger partial charge is 0.462 e. The van der Waals surface area contributed by atoms with Crippen molar-refractivity contribution in [3.63, 3.8) is 0 Å². The second-order valence-electron chi connectivity index (χ2n) is 16.0. The molecular formula is C53H90O6. The zero-order valence-electron chi connectivity index (χ0n) is 38.5. The highest BCUT2D eigenvalue weighted by atomic mass is 16.6. The van der Waals surface area contributed by atoms with Crippen LogP contribution in [-0.4, -0.2) is 37.2 Å². The third-order valence-electron chi connectivity index (χ3n) is 10.2. The molecule has 0 rings (SSSR count). The topological polar surface area (TPSA) is 78.9 Å². The Labute approximate surface area is 363 Å². The standard InChI is InChI=1S/C53H90O6/c1-4-7-10-13-16-19-22-24-25-26-27-29-31-34-37-40-43-46-52(55)58-49-50(48-57-51(54)45-42-39-36-33-30-21-18-15-12-9-6-3)59-53(56)47-44-41-38-35-32-28-23-20-17-14-11-8-5-2/h8,11,14-20,23-25,50H,4-7,9-10,12-13,21-22,26-49H2,1-3H3/b11-8-,17-14-,18-15-,19-16-,23-20-,25-24-. The molecule has 0 aromatic rings. The van der Waals surface area contributed by atoms with E-state index in [0.29, 0.717) is 19.3 Å². The van der Waals surface area contributed by atoms with E-state index < -0.39 is 6.10 Å². The number of hydrogen-bond donors (Lipinski definition) is 0. The number of rotatable bonds is 43. The highest BCUT2D eigenvalue weighted by Crippen LogP contribution is 2.14. The molecule has 0 aliphatic rings. The van der Waals surface area contributed by atoms with Crippen molar-refractivity contribution < 1.29 is 28.6 Å². The van der Waals surface area contributed by atoms with Gasteiger partial charge in [0.25, 0.3) is 0 Å². The van der Waals surface area contributed by atoms with Crippen LogP contribution >= 0.6 is 0 Å². The fraction of sp³-hybridized carbons (Fsp3) is 0.717. The van der Waals surface area contributed by atoms with Crippen molar-refractivity contribution in [2.24, 2.45) is 0 Å². The summed E-state index contributed by atoms with van der Waals surface area (Å²) in [6.45, 7) is 6.40. The summed E-state index contributed by atoms with van der Waals surface area (Å²) in [5, 5.41) is 0. The lowest BCUT2D eigenvalue weighted by Crippen LogP contribution is -2.30. The van der Waals surface area contributed by atoms with Crippen LogP contribution in [0.25, 0.3) is 0 Å². The Morgan fingerprint density at radius 2 is 0.746 bits per heavy atom. The summed E-state index contributed by atoms with van der Waals surface area (Å²) in [6.07, 6.45) is 58.8. The maximum Gasteiger partial charge on any atom is 0.306 e. The van der Waals surface area contributed by atoms with E-state index >= 15 is 0 Å². The molecule has 0 N–H and O–H groups in total. The predicted octanol–water partition coefficient (Wildman–Crippen LogP) is 15.9. The minimum Gasteiger partial charge on any atom is -0.462 e. The first-order valence-corrected chi connectivity index (χ1v) is 24.5. The Balaban J connectivity index is 4.41. The number of ether oxygens (including phenoxy) is 3. The number of carbonyl (C=O) groups is 3. The van der Waals surface area contributed by atoms with Crippen molar-refractivity contribution in [2.45, 2.75) is 232 Å². The van der Waals surface area contributed by atoms with E-state index in [-0.39, 0.29) is 31.1 Å². The summed E-state index contributed by atoms with van der Waals surface area (Å²) in [5.41, 5.74) is 0. The lowest BCUT2D eigenvalue weighted by Gasteiger charge is -2.18. The van der Waals surface area contributed by atoms with Gasteiger partial charge >= 0.3 is 17.9 Å². The van der Waals surface area contributed by atoms with Crippen LogP contribution in [0.2, 0.25) is 0 Å². The van der Waals surface area contributed by atoms with Crippen molar-refractivity contribution in [1.82, 2.24) is 0 Å². The van der Waals surface area contributed by atoms with Gasteiger partial charge in [-0.25, -0.2) is 0 Å². The first kappa shape index (κ1) is 55.9. The van der Waals surface area contributed by atoms with Crippen LogP contribution in [0.15, 0.2) is 72.9 Å². The SMILES string of the molecule is CC\C=C/C=C\C=C/CCCCCCCC(=O)OC(COC(=O)CCCCCCC/C=C\CCCC)COC(=O)CCCCCCCCC/C=C\C/C=C\CCCCC. The van der Waals surface area contributed by atoms with Crippen LogP contribution in [0.1, 0.15) is 226 Å². The van der Waals surface area contributed by atoms with Gasteiger partial charge < -0.3 is 14.2 Å². The molecule has 0 amide bonds. The fourth-order valence-corrected chi connectivity index (χ4v) is 6.51. The monoisotopic (exact) mass is 823 g/mol. The van der Waals surface area contributed by atoms with Gasteiger partial charge in [0.2, 0.25) is 0 Å². The minimum atomic E-state index is -0.791. The molecule has 1 unspecified atom stereocenters. The molecule has 1 atom stereocenters. The van der Waals surface area contributed by atoms with E-state index in [1.54, 1.807) is 0 Å². The first-order chi connectivity index (χ1) is 29.0. The average molecular weight is 823 g/mol. The van der Waals surface area contributed by atoms with Crippen LogP contribution in [0.3, 0.4) is 0 Å². The molecule has 0 spiro atoms. The third-order valence-corrected chi connectivity index (χ3v) is 10.2. The van der Waals surface area contributed by atoms with Gasteiger partial charge in [-0.15, -0.1) is 0 Å². The molecule has 0 heterocycles. The first-order valence-electron chi connectivity index (χ1n) is 24.5. The van der Waals surface area contributed by atoms with Gasteiger partial charge in [0.1, 0.15) is 13.2 Å². The Bertz CT molecular complexity index is 1130. The van der Waals surface area contributed by atoms with Gasteiger partial charge in [0, 0.05) is 19.3 Å². The molecule has 0 saturated carbocycles. The molecule has 0 aromatic heterocycles. The Kier molecular flexibility index (Phi) is 45.0. The van der Waals surface area contributed by atoms with Crippen LogP contribution in [0.4, 0.5) is 0 Å². The van der Waals surface area contributed by atoms with Gasteiger partial charge in [0.15, 0.2) is 6.10 Å². The summed E-state index contributed by atoms with van der Waals surface area (Å²) < 4.78 is 16.7. The van der Waals surface area contributed by atoms with Gasteiger partial charge in [-0.1, -0.05) is 190 Å². The lowest BCUT2D eigenvalue weighted by molar-refractivity contribution is -0.167.